The van der Waals surface area contributed by atoms with Gasteiger partial charge in [-0.25, -0.2) is 4.39 Å². The number of benzene rings is 1. The van der Waals surface area contributed by atoms with Gasteiger partial charge in [-0.3, -0.25) is 9.78 Å². The number of hydrogen-bond acceptors (Lipinski definition) is 3. The second-order valence-electron chi connectivity index (χ2n) is 3.41. The Morgan fingerprint density at radius 3 is 2.76 bits per heavy atom. The summed E-state index contributed by atoms with van der Waals surface area (Å²) in [5.74, 6) is -0.877. The number of nitrogens with two attached hydrogens (primary N) is 1. The van der Waals surface area contributed by atoms with Crippen molar-refractivity contribution >= 4 is 17.3 Å². The molecule has 0 saturated carbocycles. The lowest BCUT2D eigenvalue weighted by atomic mass is 10.2. The van der Waals surface area contributed by atoms with Crippen molar-refractivity contribution < 1.29 is 9.18 Å². The Labute approximate surface area is 97.3 Å². The average Bonchev–Trinajstić information content (AvgIpc) is 2.35. The van der Waals surface area contributed by atoms with E-state index in [4.69, 9.17) is 5.73 Å². The number of carbonyl (C=O) groups excluding carboxylic acids is 1. The fraction of sp³-hybridized carbons (Fsp3) is 0. The van der Waals surface area contributed by atoms with Crippen molar-refractivity contribution in [2.75, 3.05) is 11.1 Å². The van der Waals surface area contributed by atoms with Crippen LogP contribution in [0.15, 0.2) is 42.6 Å². The third-order valence-corrected chi connectivity index (χ3v) is 2.15. The van der Waals surface area contributed by atoms with Crippen LogP contribution in [0.3, 0.4) is 0 Å². The van der Waals surface area contributed by atoms with E-state index < -0.39 is 5.82 Å². The first kappa shape index (κ1) is 11.1. The van der Waals surface area contributed by atoms with E-state index >= 15 is 0 Å². The van der Waals surface area contributed by atoms with Crippen molar-refractivity contribution in [3.8, 4) is 0 Å². The van der Waals surface area contributed by atoms with Gasteiger partial charge in [0, 0.05) is 11.9 Å². The largest absolute Gasteiger partial charge is 0.396 e. The average molecular weight is 231 g/mol. The molecule has 5 heteroatoms. The molecule has 17 heavy (non-hydrogen) atoms. The maximum absolute atomic E-state index is 12.9. The fourth-order valence-electron chi connectivity index (χ4n) is 1.31. The molecule has 0 saturated heterocycles. The van der Waals surface area contributed by atoms with Crippen molar-refractivity contribution in [2.24, 2.45) is 0 Å². The van der Waals surface area contributed by atoms with E-state index in [0.717, 1.165) is 0 Å². The van der Waals surface area contributed by atoms with Crippen LogP contribution in [0.25, 0.3) is 0 Å². The number of carbonyl (C=O) groups is 1. The molecular weight excluding hydrogens is 221 g/mol. The Hall–Kier alpha value is -2.43. The van der Waals surface area contributed by atoms with Crippen LogP contribution in [-0.2, 0) is 0 Å². The van der Waals surface area contributed by atoms with E-state index in [-0.39, 0.29) is 17.3 Å². The Morgan fingerprint density at radius 1 is 1.29 bits per heavy atom. The maximum atomic E-state index is 12.9. The summed E-state index contributed by atoms with van der Waals surface area (Å²) in [4.78, 5) is 15.6. The first-order valence-electron chi connectivity index (χ1n) is 4.94. The van der Waals surface area contributed by atoms with Crippen LogP contribution in [0.4, 0.5) is 15.8 Å². The van der Waals surface area contributed by atoms with Gasteiger partial charge in [0.25, 0.3) is 5.91 Å². The minimum atomic E-state index is -0.513. The van der Waals surface area contributed by atoms with Gasteiger partial charge in [0.15, 0.2) is 0 Å². The number of nitrogen functional groups attached to an aromatic ring is 1. The van der Waals surface area contributed by atoms with Gasteiger partial charge < -0.3 is 11.1 Å². The zero-order chi connectivity index (χ0) is 12.3. The number of nitrogens with zero attached hydrogens (tertiary/aromatic N) is 1. The minimum absolute atomic E-state index is 0.0104. The van der Waals surface area contributed by atoms with Gasteiger partial charge in [-0.05, 0) is 30.3 Å². The van der Waals surface area contributed by atoms with Gasteiger partial charge >= 0.3 is 0 Å². The molecule has 0 aliphatic heterocycles. The van der Waals surface area contributed by atoms with E-state index in [9.17, 15) is 9.18 Å². The van der Waals surface area contributed by atoms with Crippen molar-refractivity contribution in [1.29, 1.82) is 0 Å². The lowest BCUT2D eigenvalue weighted by molar-refractivity contribution is 0.102. The second kappa shape index (κ2) is 4.61. The molecule has 1 heterocycles. The Bertz CT molecular complexity index is 543. The topological polar surface area (TPSA) is 68.0 Å². The molecule has 1 aromatic heterocycles. The smallest absolute Gasteiger partial charge is 0.274 e. The third-order valence-electron chi connectivity index (χ3n) is 2.15. The summed E-state index contributed by atoms with van der Waals surface area (Å²) < 4.78 is 12.9. The highest BCUT2D eigenvalue weighted by molar-refractivity contribution is 6.02. The molecule has 0 radical (unpaired) electrons. The van der Waals surface area contributed by atoms with Gasteiger partial charge in [0.1, 0.15) is 11.5 Å². The molecule has 0 fully saturated rings. The van der Waals surface area contributed by atoms with Crippen molar-refractivity contribution in [3.05, 3.63) is 54.1 Å². The van der Waals surface area contributed by atoms with Crippen molar-refractivity contribution in [3.63, 3.8) is 0 Å². The number of hydrogen-bond donors (Lipinski definition) is 2. The first-order valence-corrected chi connectivity index (χ1v) is 4.94. The molecule has 0 aliphatic rings. The molecule has 0 aliphatic carbocycles. The van der Waals surface area contributed by atoms with E-state index in [1.807, 2.05) is 0 Å². The van der Waals surface area contributed by atoms with Crippen LogP contribution in [-0.4, -0.2) is 10.9 Å². The molecular formula is C12H10FN3O. The second-order valence-corrected chi connectivity index (χ2v) is 3.41. The predicted molar refractivity (Wildman–Crippen MR) is 63.0 cm³/mol. The van der Waals surface area contributed by atoms with Crippen LogP contribution in [0.2, 0.25) is 0 Å². The SMILES string of the molecule is Nc1cc(NC(=O)c2ccccn2)ccc1F. The van der Waals surface area contributed by atoms with Crippen LogP contribution in [0.5, 0.6) is 0 Å². The number of anilines is 2. The Morgan fingerprint density at radius 2 is 2.12 bits per heavy atom. The van der Waals surface area contributed by atoms with Crippen molar-refractivity contribution in [2.45, 2.75) is 0 Å². The molecule has 86 valence electrons. The summed E-state index contributed by atoms with van der Waals surface area (Å²) in [6.07, 6.45) is 1.52. The number of rotatable bonds is 2. The highest BCUT2D eigenvalue weighted by Crippen LogP contribution is 2.16. The van der Waals surface area contributed by atoms with Crippen LogP contribution < -0.4 is 11.1 Å². The maximum Gasteiger partial charge on any atom is 0.274 e. The molecule has 0 bridgehead atoms. The lowest BCUT2D eigenvalue weighted by Gasteiger charge is -2.05. The minimum Gasteiger partial charge on any atom is -0.396 e. The number of pyridine rings is 1. The molecule has 4 nitrogen and oxygen atoms in total. The fourth-order valence-corrected chi connectivity index (χ4v) is 1.31. The number of nitrogens with one attached hydrogen (secondary N) is 1. The van der Waals surface area contributed by atoms with Crippen LogP contribution in [0.1, 0.15) is 10.5 Å². The summed E-state index contributed by atoms with van der Waals surface area (Å²) in [6, 6.07) is 9.00. The summed E-state index contributed by atoms with van der Waals surface area (Å²) in [5.41, 5.74) is 6.10. The zero-order valence-corrected chi connectivity index (χ0v) is 8.85. The van der Waals surface area contributed by atoms with Gasteiger partial charge in [0.05, 0.1) is 5.69 Å². The monoisotopic (exact) mass is 231 g/mol. The molecule has 0 atom stereocenters. The van der Waals surface area contributed by atoms with Crippen LogP contribution >= 0.6 is 0 Å². The summed E-state index contributed by atoms with van der Waals surface area (Å²) >= 11 is 0. The molecule has 1 amide bonds. The van der Waals surface area contributed by atoms with Gasteiger partial charge in [-0.1, -0.05) is 6.07 Å². The molecule has 0 unspecified atom stereocenters. The molecule has 3 N–H and O–H groups in total. The van der Waals surface area contributed by atoms with E-state index in [1.54, 1.807) is 18.2 Å². The first-order chi connectivity index (χ1) is 8.16. The molecule has 1 aromatic carbocycles. The van der Waals surface area contributed by atoms with E-state index in [2.05, 4.69) is 10.3 Å². The summed E-state index contributed by atoms with van der Waals surface area (Å²) in [6.45, 7) is 0. The Kier molecular flexibility index (Phi) is 3.00. The Balaban J connectivity index is 2.16. The predicted octanol–water partition coefficient (Wildman–Crippen LogP) is 2.06. The normalized spacial score (nSPS) is 9.94. The van der Waals surface area contributed by atoms with E-state index in [1.165, 1.54) is 24.4 Å². The van der Waals surface area contributed by atoms with Gasteiger partial charge in [-0.15, -0.1) is 0 Å². The number of halogens is 1. The van der Waals surface area contributed by atoms with Gasteiger partial charge in [-0.2, -0.15) is 0 Å². The zero-order valence-electron chi connectivity index (χ0n) is 8.85. The quantitative estimate of drug-likeness (QED) is 0.777. The molecule has 2 rings (SSSR count). The van der Waals surface area contributed by atoms with Crippen LogP contribution in [0, 0.1) is 5.82 Å². The lowest BCUT2D eigenvalue weighted by Crippen LogP contribution is -2.13. The standard InChI is InChI=1S/C12H10FN3O/c13-9-5-4-8(7-10(9)14)16-12(17)11-3-1-2-6-15-11/h1-7H,14H2,(H,16,17). The molecule has 2 aromatic rings. The summed E-state index contributed by atoms with van der Waals surface area (Å²) in [7, 11) is 0. The number of aromatic nitrogens is 1. The third kappa shape index (κ3) is 2.57. The van der Waals surface area contributed by atoms with Crippen molar-refractivity contribution in [1.82, 2.24) is 4.98 Å². The van der Waals surface area contributed by atoms with Gasteiger partial charge in [0.2, 0.25) is 0 Å². The van der Waals surface area contributed by atoms with E-state index in [0.29, 0.717) is 5.69 Å². The highest BCUT2D eigenvalue weighted by atomic mass is 19.1. The highest BCUT2D eigenvalue weighted by Gasteiger charge is 2.07. The number of amides is 1. The summed E-state index contributed by atoms with van der Waals surface area (Å²) in [5, 5.41) is 2.58. The molecule has 0 spiro atoms.